The summed E-state index contributed by atoms with van der Waals surface area (Å²) in [4.78, 5) is 2.20. The number of rotatable bonds is 5. The van der Waals surface area contributed by atoms with Crippen LogP contribution in [0.5, 0.6) is 0 Å². The van der Waals surface area contributed by atoms with E-state index in [-0.39, 0.29) is 0 Å². The average Bonchev–Trinajstić information content (AvgIpc) is 2.21. The number of nitrogens with zero attached hydrogens (tertiary/aromatic N) is 1. The normalized spacial score (nSPS) is 10.7. The Labute approximate surface area is 105 Å². The molecule has 0 N–H and O–H groups in total. The van der Waals surface area contributed by atoms with Gasteiger partial charge in [0.05, 0.1) is 0 Å². The highest BCUT2D eigenvalue weighted by Crippen LogP contribution is 2.12. The van der Waals surface area contributed by atoms with E-state index in [1.54, 1.807) is 0 Å². The first-order valence-corrected chi connectivity index (χ1v) is 6.10. The minimum atomic E-state index is 0.532. The van der Waals surface area contributed by atoms with Crippen molar-refractivity contribution in [3.8, 4) is 0 Å². The van der Waals surface area contributed by atoms with E-state index >= 15 is 0 Å². The second-order valence-corrected chi connectivity index (χ2v) is 4.87. The molecule has 1 nitrogen and oxygen atoms in total. The molecule has 0 amide bonds. The molecule has 0 radical (unpaired) electrons. The lowest BCUT2D eigenvalue weighted by molar-refractivity contribution is 0.356. The lowest BCUT2D eigenvalue weighted by Gasteiger charge is -2.17. The Morgan fingerprint density at radius 3 is 2.53 bits per heavy atom. The highest BCUT2D eigenvalue weighted by Gasteiger charge is 2.01. The monoisotopic (exact) mass is 287 g/mol. The highest BCUT2D eigenvalue weighted by molar-refractivity contribution is 9.10. The molecule has 82 valence electrons. The lowest BCUT2D eigenvalue weighted by atomic mass is 10.2. The van der Waals surface area contributed by atoms with Crippen molar-refractivity contribution in [1.82, 2.24) is 4.90 Å². The van der Waals surface area contributed by atoms with Crippen LogP contribution >= 0.6 is 27.5 Å². The van der Waals surface area contributed by atoms with Crippen molar-refractivity contribution in [2.75, 3.05) is 19.5 Å². The van der Waals surface area contributed by atoms with Gasteiger partial charge < -0.3 is 0 Å². The summed E-state index contributed by atoms with van der Waals surface area (Å²) in [6.07, 6.45) is 0. The summed E-state index contributed by atoms with van der Waals surface area (Å²) in [6.45, 7) is 5.65. The molecule has 0 spiro atoms. The summed E-state index contributed by atoms with van der Waals surface area (Å²) in [5, 5.41) is 0. The molecule has 0 unspecified atom stereocenters. The van der Waals surface area contributed by atoms with Crippen LogP contribution in [0.4, 0.5) is 0 Å². The van der Waals surface area contributed by atoms with Crippen LogP contribution in [0.2, 0.25) is 0 Å². The molecule has 0 aliphatic carbocycles. The second kappa shape index (κ2) is 6.31. The van der Waals surface area contributed by atoms with E-state index in [4.69, 9.17) is 11.6 Å². The predicted octanol–water partition coefficient (Wildman–Crippen LogP) is 3.68. The Hall–Kier alpha value is -0.310. The summed E-state index contributed by atoms with van der Waals surface area (Å²) < 4.78 is 1.11. The third-order valence-corrected chi connectivity index (χ3v) is 2.95. The number of hydrogen-bond acceptors (Lipinski definition) is 1. The van der Waals surface area contributed by atoms with Gasteiger partial charge in [0.1, 0.15) is 0 Å². The third-order valence-electron chi connectivity index (χ3n) is 2.05. The van der Waals surface area contributed by atoms with E-state index in [9.17, 15) is 0 Å². The first-order valence-electron chi connectivity index (χ1n) is 4.77. The molecular formula is C12H15BrClN. The van der Waals surface area contributed by atoms with E-state index in [1.807, 2.05) is 0 Å². The van der Waals surface area contributed by atoms with Crippen molar-refractivity contribution in [2.24, 2.45) is 0 Å². The Bertz CT molecular complexity index is 321. The first kappa shape index (κ1) is 12.8. The summed E-state index contributed by atoms with van der Waals surface area (Å²) in [7, 11) is 2.07. The van der Waals surface area contributed by atoms with Crippen LogP contribution in [-0.2, 0) is 6.54 Å². The van der Waals surface area contributed by atoms with Gasteiger partial charge in [-0.2, -0.15) is 0 Å². The highest BCUT2D eigenvalue weighted by atomic mass is 79.9. The Morgan fingerprint density at radius 2 is 2.00 bits per heavy atom. The third kappa shape index (κ3) is 4.83. The van der Waals surface area contributed by atoms with Crippen molar-refractivity contribution in [2.45, 2.75) is 6.54 Å². The van der Waals surface area contributed by atoms with Gasteiger partial charge in [0.15, 0.2) is 0 Å². The maximum absolute atomic E-state index is 5.69. The van der Waals surface area contributed by atoms with Crippen molar-refractivity contribution < 1.29 is 0 Å². The maximum atomic E-state index is 5.69. The van der Waals surface area contributed by atoms with E-state index in [2.05, 4.69) is 58.7 Å². The number of alkyl halides is 1. The second-order valence-electron chi connectivity index (χ2n) is 3.68. The summed E-state index contributed by atoms with van der Waals surface area (Å²) in [6, 6.07) is 8.34. The number of halogens is 2. The van der Waals surface area contributed by atoms with E-state index < -0.39 is 0 Å². The lowest BCUT2D eigenvalue weighted by Crippen LogP contribution is -2.20. The summed E-state index contributed by atoms with van der Waals surface area (Å²) >= 11 is 9.11. The quantitative estimate of drug-likeness (QED) is 0.590. The zero-order valence-corrected chi connectivity index (χ0v) is 11.2. The van der Waals surface area contributed by atoms with Gasteiger partial charge >= 0.3 is 0 Å². The van der Waals surface area contributed by atoms with Crippen LogP contribution in [0.1, 0.15) is 5.56 Å². The molecule has 0 bridgehead atoms. The first-order chi connectivity index (χ1) is 7.11. The molecule has 0 atom stereocenters. The van der Waals surface area contributed by atoms with Crippen LogP contribution in [0.15, 0.2) is 40.9 Å². The van der Waals surface area contributed by atoms with Crippen molar-refractivity contribution >= 4 is 27.5 Å². The molecule has 0 heterocycles. The molecular weight excluding hydrogens is 273 g/mol. The number of likely N-dealkylation sites (N-methyl/N-ethyl adjacent to an activating group) is 1. The molecule has 3 heteroatoms. The van der Waals surface area contributed by atoms with E-state index in [0.29, 0.717) is 5.88 Å². The molecule has 1 aromatic carbocycles. The maximum Gasteiger partial charge on any atom is 0.0443 e. The molecule has 0 fully saturated rings. The molecule has 1 aromatic rings. The van der Waals surface area contributed by atoms with Gasteiger partial charge in [-0.3, -0.25) is 4.90 Å². The topological polar surface area (TPSA) is 3.24 Å². The fraction of sp³-hybridized carbons (Fsp3) is 0.333. The van der Waals surface area contributed by atoms with Crippen LogP contribution in [-0.4, -0.2) is 24.4 Å². The van der Waals surface area contributed by atoms with Gasteiger partial charge in [-0.25, -0.2) is 0 Å². The molecule has 0 saturated heterocycles. The van der Waals surface area contributed by atoms with Crippen LogP contribution in [0.25, 0.3) is 0 Å². The fourth-order valence-corrected chi connectivity index (χ4v) is 1.73. The van der Waals surface area contributed by atoms with Crippen LogP contribution in [0, 0.1) is 0 Å². The van der Waals surface area contributed by atoms with Gasteiger partial charge in [0.25, 0.3) is 0 Å². The van der Waals surface area contributed by atoms with Gasteiger partial charge in [-0.1, -0.05) is 34.6 Å². The van der Waals surface area contributed by atoms with Gasteiger partial charge in [-0.15, -0.1) is 11.6 Å². The zero-order chi connectivity index (χ0) is 11.3. The van der Waals surface area contributed by atoms with Crippen molar-refractivity contribution in [3.63, 3.8) is 0 Å². The minimum Gasteiger partial charge on any atom is -0.298 e. The number of hydrogen-bond donors (Lipinski definition) is 0. The Balaban J connectivity index is 2.47. The Morgan fingerprint density at radius 1 is 1.40 bits per heavy atom. The minimum absolute atomic E-state index is 0.532. The molecule has 0 saturated carbocycles. The van der Waals surface area contributed by atoms with Gasteiger partial charge in [0.2, 0.25) is 0 Å². The SMILES string of the molecule is C=C(CCl)CN(C)Cc1ccc(Br)cc1. The molecule has 1 rings (SSSR count). The summed E-state index contributed by atoms with van der Waals surface area (Å²) in [5.41, 5.74) is 2.35. The van der Waals surface area contributed by atoms with Crippen LogP contribution < -0.4 is 0 Å². The van der Waals surface area contributed by atoms with E-state index in [0.717, 1.165) is 23.1 Å². The van der Waals surface area contributed by atoms with Crippen molar-refractivity contribution in [3.05, 3.63) is 46.5 Å². The summed E-state index contributed by atoms with van der Waals surface area (Å²) in [5.74, 6) is 0.532. The van der Waals surface area contributed by atoms with Gasteiger partial charge in [-0.05, 0) is 30.3 Å². The standard InChI is InChI=1S/C12H15BrClN/c1-10(7-14)8-15(2)9-11-3-5-12(13)6-4-11/h3-6H,1,7-9H2,2H3. The van der Waals surface area contributed by atoms with Crippen LogP contribution in [0.3, 0.4) is 0 Å². The average molecular weight is 289 g/mol. The predicted molar refractivity (Wildman–Crippen MR) is 70.3 cm³/mol. The molecule has 0 aromatic heterocycles. The zero-order valence-electron chi connectivity index (χ0n) is 8.84. The van der Waals surface area contributed by atoms with Gasteiger partial charge in [0, 0.05) is 23.4 Å². The molecule has 15 heavy (non-hydrogen) atoms. The molecule has 0 aliphatic rings. The van der Waals surface area contributed by atoms with Crippen molar-refractivity contribution in [1.29, 1.82) is 0 Å². The smallest absolute Gasteiger partial charge is 0.0443 e. The molecule has 0 aliphatic heterocycles. The Kier molecular flexibility index (Phi) is 5.37. The number of benzene rings is 1. The fourth-order valence-electron chi connectivity index (χ4n) is 1.38. The van der Waals surface area contributed by atoms with E-state index in [1.165, 1.54) is 5.56 Å². The largest absolute Gasteiger partial charge is 0.298 e.